The van der Waals surface area contributed by atoms with Crippen LogP contribution in [0.25, 0.3) is 0 Å². The van der Waals surface area contributed by atoms with Gasteiger partial charge in [0.05, 0.1) is 6.54 Å². The molecule has 0 aromatic heterocycles. The van der Waals surface area contributed by atoms with Gasteiger partial charge in [0, 0.05) is 25.2 Å². The number of hydrogen-bond donors (Lipinski definition) is 2. The fourth-order valence-electron chi connectivity index (χ4n) is 3.19. The maximum Gasteiger partial charge on any atom is 0.234 e. The number of nitrogens with one attached hydrogen (secondary N) is 2. The van der Waals surface area contributed by atoms with Gasteiger partial charge >= 0.3 is 0 Å². The first-order valence-corrected chi connectivity index (χ1v) is 6.39. The number of carbonyl (C=O) groups excluding carboxylic acids is 1. The molecule has 0 aromatic carbocycles. The van der Waals surface area contributed by atoms with Crippen molar-refractivity contribution in [3.63, 3.8) is 0 Å². The van der Waals surface area contributed by atoms with Gasteiger partial charge in [-0.25, -0.2) is 0 Å². The van der Waals surface area contributed by atoms with Gasteiger partial charge in [0.1, 0.15) is 0 Å². The number of likely N-dealkylation sites (tertiary alicyclic amines) is 1. The molecule has 96 valence electrons. The summed E-state index contributed by atoms with van der Waals surface area (Å²) in [7, 11) is 0. The van der Waals surface area contributed by atoms with E-state index >= 15 is 0 Å². The minimum atomic E-state index is 0.103. The Hall–Kier alpha value is -0.870. The summed E-state index contributed by atoms with van der Waals surface area (Å²) in [6.07, 6.45) is 1.71. The first kappa shape index (κ1) is 12.6. The Morgan fingerprint density at radius 3 is 3.00 bits per heavy atom. The topological polar surface area (TPSA) is 44.4 Å². The van der Waals surface area contributed by atoms with E-state index in [1.807, 2.05) is 0 Å². The van der Waals surface area contributed by atoms with Gasteiger partial charge in [0.2, 0.25) is 5.91 Å². The molecule has 0 saturated carbocycles. The summed E-state index contributed by atoms with van der Waals surface area (Å²) < 4.78 is 0. The fraction of sp³-hybridized carbons (Fsp3) is 0.769. The van der Waals surface area contributed by atoms with E-state index in [0.29, 0.717) is 24.9 Å². The molecule has 0 bridgehead atoms. The lowest BCUT2D eigenvalue weighted by molar-refractivity contribution is -0.123. The lowest BCUT2D eigenvalue weighted by Gasteiger charge is -2.35. The summed E-state index contributed by atoms with van der Waals surface area (Å²) in [5.41, 5.74) is 0.125. The Balaban J connectivity index is 1.93. The lowest BCUT2D eigenvalue weighted by atomic mass is 9.85. The third-order valence-electron chi connectivity index (χ3n) is 4.30. The first-order chi connectivity index (χ1) is 8.05. The first-order valence-electron chi connectivity index (χ1n) is 6.39. The van der Waals surface area contributed by atoms with Crippen molar-refractivity contribution in [2.75, 3.05) is 32.7 Å². The zero-order valence-corrected chi connectivity index (χ0v) is 10.8. The van der Waals surface area contributed by atoms with Crippen LogP contribution in [0.2, 0.25) is 0 Å². The van der Waals surface area contributed by atoms with Crippen molar-refractivity contribution in [3.05, 3.63) is 12.7 Å². The zero-order chi connectivity index (χ0) is 12.5. The molecule has 2 atom stereocenters. The van der Waals surface area contributed by atoms with Crippen LogP contribution in [0.1, 0.15) is 13.8 Å². The smallest absolute Gasteiger partial charge is 0.234 e. The second-order valence-corrected chi connectivity index (χ2v) is 5.65. The Morgan fingerprint density at radius 2 is 2.35 bits per heavy atom. The Kier molecular flexibility index (Phi) is 3.54. The minimum Gasteiger partial charge on any atom is -0.352 e. The number of carbonyl (C=O) groups is 1. The SMILES string of the molecule is C=CCNC(=O)CN1CC2CNCC2C1(C)C. The van der Waals surface area contributed by atoms with Crippen molar-refractivity contribution in [2.24, 2.45) is 11.8 Å². The van der Waals surface area contributed by atoms with E-state index in [0.717, 1.165) is 19.6 Å². The molecule has 2 fully saturated rings. The molecule has 4 heteroatoms. The van der Waals surface area contributed by atoms with Crippen LogP contribution >= 0.6 is 0 Å². The second-order valence-electron chi connectivity index (χ2n) is 5.65. The molecule has 2 unspecified atom stereocenters. The molecule has 2 aliphatic heterocycles. The summed E-state index contributed by atoms with van der Waals surface area (Å²) in [4.78, 5) is 14.1. The molecular formula is C13H23N3O. The largest absolute Gasteiger partial charge is 0.352 e. The summed E-state index contributed by atoms with van der Waals surface area (Å²) >= 11 is 0. The van der Waals surface area contributed by atoms with Crippen LogP contribution in [0.4, 0.5) is 0 Å². The molecule has 17 heavy (non-hydrogen) atoms. The van der Waals surface area contributed by atoms with Crippen LogP contribution in [0, 0.1) is 11.8 Å². The summed E-state index contributed by atoms with van der Waals surface area (Å²) in [5.74, 6) is 1.48. The maximum atomic E-state index is 11.7. The van der Waals surface area contributed by atoms with Crippen LogP contribution in [0.15, 0.2) is 12.7 Å². The predicted octanol–water partition coefficient (Wildman–Crippen LogP) is 0.218. The molecule has 2 heterocycles. The summed E-state index contributed by atoms with van der Waals surface area (Å²) in [5, 5.41) is 6.30. The predicted molar refractivity (Wildman–Crippen MR) is 68.7 cm³/mol. The zero-order valence-electron chi connectivity index (χ0n) is 10.8. The number of nitrogens with zero attached hydrogens (tertiary/aromatic N) is 1. The van der Waals surface area contributed by atoms with E-state index in [9.17, 15) is 4.79 Å². The van der Waals surface area contributed by atoms with Crippen molar-refractivity contribution in [1.82, 2.24) is 15.5 Å². The van der Waals surface area contributed by atoms with E-state index in [-0.39, 0.29) is 11.4 Å². The third-order valence-corrected chi connectivity index (χ3v) is 4.30. The minimum absolute atomic E-state index is 0.103. The highest BCUT2D eigenvalue weighted by Crippen LogP contribution is 2.40. The lowest BCUT2D eigenvalue weighted by Crippen LogP contribution is -2.48. The van der Waals surface area contributed by atoms with Gasteiger partial charge in [-0.15, -0.1) is 6.58 Å². The number of rotatable bonds is 4. The van der Waals surface area contributed by atoms with E-state index in [4.69, 9.17) is 0 Å². The quantitative estimate of drug-likeness (QED) is 0.688. The molecular weight excluding hydrogens is 214 g/mol. The van der Waals surface area contributed by atoms with Gasteiger partial charge in [-0.1, -0.05) is 6.08 Å². The van der Waals surface area contributed by atoms with Gasteiger partial charge < -0.3 is 10.6 Å². The number of hydrogen-bond acceptors (Lipinski definition) is 3. The van der Waals surface area contributed by atoms with Crippen LogP contribution in [-0.2, 0) is 4.79 Å². The average Bonchev–Trinajstić information content (AvgIpc) is 2.81. The van der Waals surface area contributed by atoms with E-state index in [1.54, 1.807) is 6.08 Å². The van der Waals surface area contributed by atoms with Crippen molar-refractivity contribution in [3.8, 4) is 0 Å². The highest BCUT2D eigenvalue weighted by Gasteiger charge is 2.49. The third kappa shape index (κ3) is 2.38. The Labute approximate surface area is 103 Å². The van der Waals surface area contributed by atoms with Crippen LogP contribution in [0.3, 0.4) is 0 Å². The standard InChI is InChI=1S/C13H23N3O/c1-4-5-15-12(17)9-16-8-10-6-14-7-11(10)13(16,2)3/h4,10-11,14H,1,5-9H2,2-3H3,(H,15,17). The van der Waals surface area contributed by atoms with Crippen molar-refractivity contribution in [2.45, 2.75) is 19.4 Å². The number of fused-ring (bicyclic) bond motifs is 1. The summed E-state index contributed by atoms with van der Waals surface area (Å²) in [6.45, 7) is 12.4. The fourth-order valence-corrected chi connectivity index (χ4v) is 3.19. The second kappa shape index (κ2) is 4.78. The normalized spacial score (nSPS) is 31.2. The monoisotopic (exact) mass is 237 g/mol. The van der Waals surface area contributed by atoms with Gasteiger partial charge in [0.15, 0.2) is 0 Å². The molecule has 2 rings (SSSR count). The molecule has 0 radical (unpaired) electrons. The molecule has 2 N–H and O–H groups in total. The summed E-state index contributed by atoms with van der Waals surface area (Å²) in [6, 6.07) is 0. The van der Waals surface area contributed by atoms with Gasteiger partial charge in [0.25, 0.3) is 0 Å². The van der Waals surface area contributed by atoms with Gasteiger partial charge in [-0.3, -0.25) is 9.69 Å². The van der Waals surface area contributed by atoms with Crippen LogP contribution < -0.4 is 10.6 Å². The average molecular weight is 237 g/mol. The maximum absolute atomic E-state index is 11.7. The van der Waals surface area contributed by atoms with E-state index in [2.05, 4.69) is 36.0 Å². The van der Waals surface area contributed by atoms with Crippen molar-refractivity contribution < 1.29 is 4.79 Å². The van der Waals surface area contributed by atoms with E-state index < -0.39 is 0 Å². The molecule has 2 saturated heterocycles. The van der Waals surface area contributed by atoms with Gasteiger partial charge in [-0.2, -0.15) is 0 Å². The van der Waals surface area contributed by atoms with Crippen molar-refractivity contribution >= 4 is 5.91 Å². The number of amides is 1. The Bertz CT molecular complexity index is 314. The molecule has 1 amide bonds. The highest BCUT2D eigenvalue weighted by molar-refractivity contribution is 5.78. The molecule has 2 aliphatic rings. The molecule has 0 aliphatic carbocycles. The molecule has 0 spiro atoms. The van der Waals surface area contributed by atoms with Crippen LogP contribution in [-0.4, -0.2) is 49.1 Å². The molecule has 0 aromatic rings. The van der Waals surface area contributed by atoms with Gasteiger partial charge in [-0.05, 0) is 32.2 Å². The highest BCUT2D eigenvalue weighted by atomic mass is 16.2. The van der Waals surface area contributed by atoms with Crippen molar-refractivity contribution in [1.29, 1.82) is 0 Å². The Morgan fingerprint density at radius 1 is 1.59 bits per heavy atom. The van der Waals surface area contributed by atoms with Crippen LogP contribution in [0.5, 0.6) is 0 Å². The van der Waals surface area contributed by atoms with E-state index in [1.165, 1.54) is 0 Å². The molecule has 4 nitrogen and oxygen atoms in total.